The van der Waals surface area contributed by atoms with Crippen LogP contribution >= 0.6 is 0 Å². The van der Waals surface area contributed by atoms with Gasteiger partial charge < -0.3 is 14.3 Å². The molecule has 4 heteroatoms. The molecule has 0 aliphatic rings. The molecule has 0 aliphatic heterocycles. The monoisotopic (exact) mass is 448 g/mol. The molecule has 4 nitrogen and oxygen atoms in total. The third kappa shape index (κ3) is 3.71. The lowest BCUT2D eigenvalue weighted by Crippen LogP contribution is -2.09. The number of rotatable bonds is 6. The Morgan fingerprint density at radius 2 is 1.47 bits per heavy atom. The largest absolute Gasteiger partial charge is 0.462 e. The smallest absolute Gasteiger partial charge is 0.340 e. The maximum Gasteiger partial charge on any atom is 0.340 e. The van der Waals surface area contributed by atoms with Gasteiger partial charge in [0.15, 0.2) is 0 Å². The minimum atomic E-state index is -0.283. The number of aromatic nitrogens is 2. The Morgan fingerprint density at radius 3 is 2.18 bits per heavy atom. The van der Waals surface area contributed by atoms with Gasteiger partial charge in [-0.05, 0) is 38.0 Å². The number of para-hydroxylation sites is 1. The number of fused-ring (bicyclic) bond motifs is 1. The van der Waals surface area contributed by atoms with Crippen molar-refractivity contribution in [3.05, 3.63) is 107 Å². The highest BCUT2D eigenvalue weighted by atomic mass is 16.5. The highest BCUT2D eigenvalue weighted by Gasteiger charge is 2.29. The molecule has 5 aromatic rings. The second-order valence-corrected chi connectivity index (χ2v) is 8.50. The number of nitrogens with one attached hydrogen (secondary N) is 1. The number of benzene rings is 3. The molecule has 0 fully saturated rings. The Morgan fingerprint density at radius 1 is 0.824 bits per heavy atom. The van der Waals surface area contributed by atoms with E-state index in [1.54, 1.807) is 0 Å². The molecular formula is C30H28N2O2. The average molecular weight is 449 g/mol. The summed E-state index contributed by atoms with van der Waals surface area (Å²) >= 11 is 0. The number of nitrogens with zero attached hydrogens (tertiary/aromatic N) is 1. The zero-order valence-corrected chi connectivity index (χ0v) is 19.8. The Hall–Kier alpha value is -4.05. The molecule has 0 bridgehead atoms. The fraction of sp³-hybridized carbons (Fsp3) is 0.167. The van der Waals surface area contributed by atoms with Crippen LogP contribution < -0.4 is 0 Å². The normalized spacial score (nSPS) is 11.1. The number of aromatic amines is 1. The SMILES string of the molecule is CCOC(=O)c1c(-c2c(-c3ccccc3)[nH]c3ccccc23)c(C)n(Cc2ccccc2)c1C. The molecular weight excluding hydrogens is 420 g/mol. The van der Waals surface area contributed by atoms with Crippen molar-refractivity contribution in [3.8, 4) is 22.4 Å². The summed E-state index contributed by atoms with van der Waals surface area (Å²) in [6.07, 6.45) is 0. The van der Waals surface area contributed by atoms with Crippen molar-refractivity contribution in [2.45, 2.75) is 27.3 Å². The standard InChI is InChI=1S/C30H28N2O2/c1-4-34-30(33)27-21(3)32(19-22-13-7-5-8-14-22)20(2)26(27)28-24-17-11-12-18-25(24)31-29(28)23-15-9-6-10-16-23/h5-18,31H,4,19H2,1-3H3. The van der Waals surface area contributed by atoms with Crippen LogP contribution in [0.1, 0.15) is 34.2 Å². The van der Waals surface area contributed by atoms with Gasteiger partial charge in [0.1, 0.15) is 0 Å². The van der Waals surface area contributed by atoms with Crippen molar-refractivity contribution < 1.29 is 9.53 Å². The molecule has 0 aliphatic carbocycles. The van der Waals surface area contributed by atoms with Gasteiger partial charge in [0.25, 0.3) is 0 Å². The lowest BCUT2D eigenvalue weighted by molar-refractivity contribution is 0.0526. The summed E-state index contributed by atoms with van der Waals surface area (Å²) in [5.74, 6) is -0.283. The molecule has 1 N–H and O–H groups in total. The Kier molecular flexibility index (Phi) is 5.81. The van der Waals surface area contributed by atoms with Gasteiger partial charge in [0.05, 0.1) is 17.9 Å². The van der Waals surface area contributed by atoms with E-state index in [4.69, 9.17) is 4.74 Å². The van der Waals surface area contributed by atoms with E-state index in [-0.39, 0.29) is 5.97 Å². The van der Waals surface area contributed by atoms with Gasteiger partial charge in [-0.15, -0.1) is 0 Å². The van der Waals surface area contributed by atoms with Gasteiger partial charge in [-0.3, -0.25) is 0 Å². The molecule has 0 amide bonds. The van der Waals surface area contributed by atoms with E-state index in [1.807, 2.05) is 62.4 Å². The minimum Gasteiger partial charge on any atom is -0.462 e. The van der Waals surface area contributed by atoms with Crippen LogP contribution in [0.2, 0.25) is 0 Å². The maximum absolute atomic E-state index is 13.3. The average Bonchev–Trinajstić information content (AvgIpc) is 3.36. The van der Waals surface area contributed by atoms with E-state index >= 15 is 0 Å². The third-order valence-corrected chi connectivity index (χ3v) is 6.46. The van der Waals surface area contributed by atoms with E-state index in [0.717, 1.165) is 44.7 Å². The van der Waals surface area contributed by atoms with Crippen molar-refractivity contribution in [1.82, 2.24) is 9.55 Å². The van der Waals surface area contributed by atoms with E-state index in [0.29, 0.717) is 18.7 Å². The molecule has 0 saturated carbocycles. The molecule has 2 aromatic heterocycles. The van der Waals surface area contributed by atoms with Crippen molar-refractivity contribution >= 4 is 16.9 Å². The van der Waals surface area contributed by atoms with Crippen LogP contribution in [0.3, 0.4) is 0 Å². The van der Waals surface area contributed by atoms with Crippen LogP contribution in [0.25, 0.3) is 33.3 Å². The summed E-state index contributed by atoms with van der Waals surface area (Å²) < 4.78 is 7.79. The van der Waals surface area contributed by atoms with E-state index in [1.165, 1.54) is 5.56 Å². The quantitative estimate of drug-likeness (QED) is 0.281. The van der Waals surface area contributed by atoms with Gasteiger partial charge in [-0.25, -0.2) is 4.79 Å². The predicted molar refractivity (Wildman–Crippen MR) is 138 cm³/mol. The summed E-state index contributed by atoms with van der Waals surface area (Å²) in [7, 11) is 0. The van der Waals surface area contributed by atoms with Crippen LogP contribution in [-0.2, 0) is 11.3 Å². The Bertz CT molecular complexity index is 1460. The molecule has 0 spiro atoms. The minimum absolute atomic E-state index is 0.283. The summed E-state index contributed by atoms with van der Waals surface area (Å²) in [5, 5.41) is 1.09. The number of hydrogen-bond acceptors (Lipinski definition) is 2. The molecule has 5 rings (SSSR count). The van der Waals surface area contributed by atoms with Crippen LogP contribution in [0, 0.1) is 13.8 Å². The van der Waals surface area contributed by atoms with Crippen molar-refractivity contribution in [2.75, 3.05) is 6.61 Å². The zero-order valence-electron chi connectivity index (χ0n) is 19.8. The van der Waals surface area contributed by atoms with Gasteiger partial charge in [-0.1, -0.05) is 78.9 Å². The number of H-pyrrole nitrogens is 1. The van der Waals surface area contributed by atoms with E-state index in [9.17, 15) is 4.79 Å². The molecule has 2 heterocycles. The summed E-state index contributed by atoms with van der Waals surface area (Å²) in [6, 6.07) is 28.9. The fourth-order valence-corrected chi connectivity index (χ4v) is 4.87. The van der Waals surface area contributed by atoms with Crippen molar-refractivity contribution in [1.29, 1.82) is 0 Å². The molecule has 170 valence electrons. The van der Waals surface area contributed by atoms with Crippen molar-refractivity contribution in [3.63, 3.8) is 0 Å². The Balaban J connectivity index is 1.82. The molecule has 0 unspecified atom stereocenters. The summed E-state index contributed by atoms with van der Waals surface area (Å²) in [6.45, 7) is 6.99. The van der Waals surface area contributed by atoms with Gasteiger partial charge in [0.2, 0.25) is 0 Å². The molecule has 3 aromatic carbocycles. The van der Waals surface area contributed by atoms with Gasteiger partial charge in [-0.2, -0.15) is 0 Å². The number of ether oxygens (including phenoxy) is 1. The first-order valence-electron chi connectivity index (χ1n) is 11.7. The highest BCUT2D eigenvalue weighted by molar-refractivity contribution is 6.10. The second-order valence-electron chi connectivity index (χ2n) is 8.50. The summed E-state index contributed by atoms with van der Waals surface area (Å²) in [5.41, 5.74) is 8.89. The molecule has 0 atom stereocenters. The summed E-state index contributed by atoms with van der Waals surface area (Å²) in [4.78, 5) is 17.0. The first-order chi connectivity index (χ1) is 16.6. The predicted octanol–water partition coefficient (Wildman–Crippen LogP) is 7.15. The third-order valence-electron chi connectivity index (χ3n) is 6.46. The lowest BCUT2D eigenvalue weighted by atomic mass is 9.95. The first-order valence-corrected chi connectivity index (χ1v) is 11.7. The highest BCUT2D eigenvalue weighted by Crippen LogP contribution is 2.43. The second kappa shape index (κ2) is 9.06. The molecule has 0 radical (unpaired) electrons. The Labute approximate surface area is 199 Å². The number of carbonyl (C=O) groups excluding carboxylic acids is 1. The zero-order chi connectivity index (χ0) is 23.7. The number of carbonyl (C=O) groups is 1. The lowest BCUT2D eigenvalue weighted by Gasteiger charge is -2.11. The topological polar surface area (TPSA) is 47.0 Å². The maximum atomic E-state index is 13.3. The first kappa shape index (κ1) is 21.8. The fourth-order valence-electron chi connectivity index (χ4n) is 4.87. The van der Waals surface area contributed by atoms with Crippen LogP contribution in [0.4, 0.5) is 0 Å². The van der Waals surface area contributed by atoms with E-state index < -0.39 is 0 Å². The van der Waals surface area contributed by atoms with E-state index in [2.05, 4.69) is 52.9 Å². The molecule has 0 saturated heterocycles. The van der Waals surface area contributed by atoms with Gasteiger partial charge in [0, 0.05) is 40.0 Å². The number of esters is 1. The number of hydrogen-bond donors (Lipinski definition) is 1. The van der Waals surface area contributed by atoms with Gasteiger partial charge >= 0.3 is 5.97 Å². The molecule has 34 heavy (non-hydrogen) atoms. The van der Waals surface area contributed by atoms with Crippen LogP contribution in [-0.4, -0.2) is 22.1 Å². The van der Waals surface area contributed by atoms with Crippen LogP contribution in [0.15, 0.2) is 84.9 Å². The van der Waals surface area contributed by atoms with Crippen LogP contribution in [0.5, 0.6) is 0 Å². The van der Waals surface area contributed by atoms with Crippen molar-refractivity contribution in [2.24, 2.45) is 0 Å².